The molecule has 0 atom stereocenters. The SMILES string of the molecule is COc1ccc(NC(N)=NCC2(C(=O)N(C)C)CCCC2)cc1. The number of carbonyl (C=O) groups excluding carboxylic acids is 1. The van der Waals surface area contributed by atoms with Crippen LogP contribution in [0, 0.1) is 5.41 Å². The Balaban J connectivity index is 2.03. The van der Waals surface area contributed by atoms with Gasteiger partial charge in [0.25, 0.3) is 0 Å². The van der Waals surface area contributed by atoms with Crippen LogP contribution in [0.15, 0.2) is 29.3 Å². The van der Waals surface area contributed by atoms with Crippen LogP contribution in [0.4, 0.5) is 5.69 Å². The fraction of sp³-hybridized carbons (Fsp3) is 0.529. The standard InChI is InChI=1S/C17H26N4O2/c1-21(2)15(22)17(10-4-5-11-17)12-19-16(18)20-13-6-8-14(23-3)9-7-13/h6-9H,4-5,10-12H2,1-3H3,(H3,18,19,20). The number of ether oxygens (including phenoxy) is 1. The minimum Gasteiger partial charge on any atom is -0.497 e. The van der Waals surface area contributed by atoms with Crippen LogP contribution in [-0.2, 0) is 4.79 Å². The molecule has 1 fully saturated rings. The molecule has 1 aromatic rings. The van der Waals surface area contributed by atoms with Crippen LogP contribution < -0.4 is 15.8 Å². The molecule has 0 bridgehead atoms. The van der Waals surface area contributed by atoms with E-state index in [0.29, 0.717) is 12.5 Å². The maximum atomic E-state index is 12.5. The van der Waals surface area contributed by atoms with E-state index < -0.39 is 5.41 Å². The lowest BCUT2D eigenvalue weighted by molar-refractivity contribution is -0.138. The lowest BCUT2D eigenvalue weighted by Gasteiger charge is -2.29. The molecule has 1 aliphatic carbocycles. The van der Waals surface area contributed by atoms with Crippen molar-refractivity contribution in [1.82, 2.24) is 4.90 Å². The molecule has 1 aliphatic rings. The summed E-state index contributed by atoms with van der Waals surface area (Å²) in [6.45, 7) is 0.430. The first kappa shape index (κ1) is 17.1. The third kappa shape index (κ3) is 4.15. The minimum absolute atomic E-state index is 0.149. The van der Waals surface area contributed by atoms with Gasteiger partial charge in [0.2, 0.25) is 5.91 Å². The Kier molecular flexibility index (Phi) is 5.47. The second-order valence-electron chi connectivity index (χ2n) is 6.24. The number of anilines is 1. The van der Waals surface area contributed by atoms with Crippen LogP contribution in [0.5, 0.6) is 5.75 Å². The average molecular weight is 318 g/mol. The first-order valence-corrected chi connectivity index (χ1v) is 7.90. The van der Waals surface area contributed by atoms with Crippen molar-refractivity contribution < 1.29 is 9.53 Å². The lowest BCUT2D eigenvalue weighted by atomic mass is 9.85. The molecule has 0 unspecified atom stereocenters. The van der Waals surface area contributed by atoms with E-state index in [0.717, 1.165) is 37.1 Å². The van der Waals surface area contributed by atoms with Crippen molar-refractivity contribution in [3.63, 3.8) is 0 Å². The molecule has 0 spiro atoms. The molecule has 2 rings (SSSR count). The van der Waals surface area contributed by atoms with Crippen molar-refractivity contribution in [2.24, 2.45) is 16.1 Å². The predicted molar refractivity (Wildman–Crippen MR) is 92.7 cm³/mol. The number of carbonyl (C=O) groups is 1. The molecule has 0 aromatic heterocycles. The number of hydrogen-bond donors (Lipinski definition) is 2. The Morgan fingerprint density at radius 2 is 1.91 bits per heavy atom. The van der Waals surface area contributed by atoms with Crippen LogP contribution in [0.25, 0.3) is 0 Å². The summed E-state index contributed by atoms with van der Waals surface area (Å²) in [6.07, 6.45) is 3.90. The molecule has 6 nitrogen and oxygen atoms in total. The van der Waals surface area contributed by atoms with Gasteiger partial charge in [0, 0.05) is 19.8 Å². The Hall–Kier alpha value is -2.24. The molecule has 23 heavy (non-hydrogen) atoms. The van der Waals surface area contributed by atoms with E-state index in [2.05, 4.69) is 10.3 Å². The number of hydrogen-bond acceptors (Lipinski definition) is 3. The zero-order chi connectivity index (χ0) is 16.9. The summed E-state index contributed by atoms with van der Waals surface area (Å²) in [5.41, 5.74) is 6.42. The Morgan fingerprint density at radius 3 is 2.43 bits per heavy atom. The normalized spacial score (nSPS) is 16.9. The van der Waals surface area contributed by atoms with Gasteiger partial charge < -0.3 is 20.7 Å². The minimum atomic E-state index is -0.393. The largest absolute Gasteiger partial charge is 0.497 e. The van der Waals surface area contributed by atoms with Crippen molar-refractivity contribution >= 4 is 17.6 Å². The van der Waals surface area contributed by atoms with Crippen molar-refractivity contribution in [2.75, 3.05) is 33.1 Å². The van der Waals surface area contributed by atoms with Crippen LogP contribution >= 0.6 is 0 Å². The Bertz CT molecular complexity index is 560. The molecule has 0 radical (unpaired) electrons. The molecule has 6 heteroatoms. The van der Waals surface area contributed by atoms with Gasteiger partial charge in [-0.15, -0.1) is 0 Å². The monoisotopic (exact) mass is 318 g/mol. The zero-order valence-corrected chi connectivity index (χ0v) is 14.1. The number of guanidine groups is 1. The summed E-state index contributed by atoms with van der Waals surface area (Å²) < 4.78 is 5.12. The van der Waals surface area contributed by atoms with Gasteiger partial charge in [-0.2, -0.15) is 0 Å². The number of nitrogens with one attached hydrogen (secondary N) is 1. The summed E-state index contributed by atoms with van der Waals surface area (Å²) >= 11 is 0. The fourth-order valence-corrected chi connectivity index (χ4v) is 3.06. The first-order valence-electron chi connectivity index (χ1n) is 7.90. The van der Waals surface area contributed by atoms with E-state index in [9.17, 15) is 4.79 Å². The van der Waals surface area contributed by atoms with Gasteiger partial charge in [-0.1, -0.05) is 12.8 Å². The van der Waals surface area contributed by atoms with E-state index in [1.807, 2.05) is 24.3 Å². The number of methoxy groups -OCH3 is 1. The number of benzene rings is 1. The first-order chi connectivity index (χ1) is 11.0. The van der Waals surface area contributed by atoms with Gasteiger partial charge in [0.05, 0.1) is 19.1 Å². The van der Waals surface area contributed by atoms with Gasteiger partial charge in [0.1, 0.15) is 5.75 Å². The third-order valence-corrected chi connectivity index (χ3v) is 4.34. The van der Waals surface area contributed by atoms with Gasteiger partial charge in [-0.05, 0) is 37.1 Å². The molecule has 3 N–H and O–H groups in total. The number of aliphatic imine (C=N–C) groups is 1. The van der Waals surface area contributed by atoms with Gasteiger partial charge in [-0.3, -0.25) is 9.79 Å². The second kappa shape index (κ2) is 7.35. The maximum absolute atomic E-state index is 12.5. The highest BCUT2D eigenvalue weighted by molar-refractivity contribution is 5.92. The van der Waals surface area contributed by atoms with Crippen LogP contribution in [-0.4, -0.2) is 44.5 Å². The summed E-state index contributed by atoms with van der Waals surface area (Å²) in [5, 5.41) is 3.05. The molecule has 0 heterocycles. The van der Waals surface area contributed by atoms with E-state index in [-0.39, 0.29) is 5.91 Å². The van der Waals surface area contributed by atoms with Crippen LogP contribution in [0.1, 0.15) is 25.7 Å². The fourth-order valence-electron chi connectivity index (χ4n) is 3.06. The third-order valence-electron chi connectivity index (χ3n) is 4.34. The van der Waals surface area contributed by atoms with Crippen molar-refractivity contribution in [1.29, 1.82) is 0 Å². The summed E-state index contributed by atoms with van der Waals surface area (Å²) in [6, 6.07) is 7.45. The topological polar surface area (TPSA) is 80.0 Å². The molecular formula is C17H26N4O2. The quantitative estimate of drug-likeness (QED) is 0.643. The van der Waals surface area contributed by atoms with Crippen molar-refractivity contribution in [2.45, 2.75) is 25.7 Å². The summed E-state index contributed by atoms with van der Waals surface area (Å²) in [4.78, 5) is 18.6. The molecule has 1 amide bonds. The number of rotatable bonds is 5. The van der Waals surface area contributed by atoms with Crippen molar-refractivity contribution in [3.8, 4) is 5.75 Å². The molecule has 1 aromatic carbocycles. The summed E-state index contributed by atoms with van der Waals surface area (Å²) in [5.74, 6) is 1.26. The highest BCUT2D eigenvalue weighted by atomic mass is 16.5. The number of amides is 1. The highest BCUT2D eigenvalue weighted by Crippen LogP contribution is 2.39. The molecular weight excluding hydrogens is 292 g/mol. The van der Waals surface area contributed by atoms with Gasteiger partial charge in [0.15, 0.2) is 5.96 Å². The second-order valence-corrected chi connectivity index (χ2v) is 6.24. The summed E-state index contributed by atoms with van der Waals surface area (Å²) in [7, 11) is 5.22. The zero-order valence-electron chi connectivity index (χ0n) is 14.1. The van der Waals surface area contributed by atoms with Gasteiger partial charge >= 0.3 is 0 Å². The predicted octanol–water partition coefficient (Wildman–Crippen LogP) is 2.07. The Labute approximate surface area is 137 Å². The smallest absolute Gasteiger partial charge is 0.230 e. The molecule has 126 valence electrons. The van der Waals surface area contributed by atoms with E-state index in [1.165, 1.54) is 0 Å². The maximum Gasteiger partial charge on any atom is 0.230 e. The van der Waals surface area contributed by atoms with Crippen molar-refractivity contribution in [3.05, 3.63) is 24.3 Å². The van der Waals surface area contributed by atoms with E-state index in [4.69, 9.17) is 10.5 Å². The molecule has 0 aliphatic heterocycles. The highest BCUT2D eigenvalue weighted by Gasteiger charge is 2.41. The number of nitrogens with two attached hydrogens (primary N) is 1. The molecule has 0 saturated heterocycles. The van der Waals surface area contributed by atoms with Crippen LogP contribution in [0.2, 0.25) is 0 Å². The molecule has 1 saturated carbocycles. The van der Waals surface area contributed by atoms with E-state index >= 15 is 0 Å². The lowest BCUT2D eigenvalue weighted by Crippen LogP contribution is -2.41. The average Bonchev–Trinajstić information content (AvgIpc) is 3.03. The number of nitrogens with zero attached hydrogens (tertiary/aromatic N) is 2. The van der Waals surface area contributed by atoms with Gasteiger partial charge in [-0.25, -0.2) is 0 Å². The van der Waals surface area contributed by atoms with E-state index in [1.54, 1.807) is 26.1 Å². The van der Waals surface area contributed by atoms with Crippen LogP contribution in [0.3, 0.4) is 0 Å². The Morgan fingerprint density at radius 1 is 1.30 bits per heavy atom.